The summed E-state index contributed by atoms with van der Waals surface area (Å²) in [5.74, 6) is 0. The largest absolute Gasteiger partial charge is 0.377 e. The molecule has 1 atom stereocenters. The lowest BCUT2D eigenvalue weighted by Gasteiger charge is -2.21. The lowest BCUT2D eigenvalue weighted by molar-refractivity contribution is 0.114. The van der Waals surface area contributed by atoms with Crippen molar-refractivity contribution in [2.75, 3.05) is 26.2 Å². The van der Waals surface area contributed by atoms with Gasteiger partial charge in [0.15, 0.2) is 0 Å². The number of ether oxygens (including phenoxy) is 1. The average Bonchev–Trinajstić information content (AvgIpc) is 2.66. The van der Waals surface area contributed by atoms with Crippen LogP contribution >= 0.6 is 0 Å². The molecule has 2 aliphatic rings. The Morgan fingerprint density at radius 3 is 2.41 bits per heavy atom. The summed E-state index contributed by atoms with van der Waals surface area (Å²) in [6, 6.07) is 0. The summed E-state index contributed by atoms with van der Waals surface area (Å²) in [6.45, 7) is 2.48. The van der Waals surface area contributed by atoms with Gasteiger partial charge < -0.3 is 4.74 Å². The van der Waals surface area contributed by atoms with Gasteiger partial charge in [-0.05, 0) is 25.7 Å². The summed E-state index contributed by atoms with van der Waals surface area (Å²) in [4.78, 5) is 0. The van der Waals surface area contributed by atoms with Gasteiger partial charge in [0.25, 0.3) is 10.2 Å². The third-order valence-corrected chi connectivity index (χ3v) is 5.00. The minimum absolute atomic E-state index is 0.0664. The van der Waals surface area contributed by atoms with Crippen LogP contribution in [0, 0.1) is 0 Å². The second kappa shape index (κ2) is 6.13. The zero-order valence-electron chi connectivity index (χ0n) is 10.2. The van der Waals surface area contributed by atoms with Gasteiger partial charge in [0.2, 0.25) is 0 Å². The maximum Gasteiger partial charge on any atom is 0.279 e. The molecule has 0 radical (unpaired) electrons. The highest BCUT2D eigenvalue weighted by Gasteiger charge is 2.24. The molecule has 0 aromatic rings. The second-order valence-electron chi connectivity index (χ2n) is 4.80. The van der Waals surface area contributed by atoms with Crippen LogP contribution in [0.4, 0.5) is 0 Å². The predicted molar refractivity (Wildman–Crippen MR) is 65.9 cm³/mol. The summed E-state index contributed by atoms with van der Waals surface area (Å²) in [5.41, 5.74) is 0. The van der Waals surface area contributed by atoms with E-state index in [1.807, 2.05) is 0 Å². The van der Waals surface area contributed by atoms with E-state index in [-0.39, 0.29) is 6.10 Å². The van der Waals surface area contributed by atoms with Crippen LogP contribution in [-0.2, 0) is 14.9 Å². The third-order valence-electron chi connectivity index (χ3n) is 3.42. The zero-order chi connectivity index (χ0) is 12.1. The molecule has 2 fully saturated rings. The first-order chi connectivity index (χ1) is 8.18. The molecule has 2 rings (SSSR count). The van der Waals surface area contributed by atoms with E-state index in [9.17, 15) is 8.42 Å². The van der Waals surface area contributed by atoms with Crippen molar-refractivity contribution in [1.29, 1.82) is 0 Å². The van der Waals surface area contributed by atoms with Crippen molar-refractivity contribution in [3.8, 4) is 0 Å². The molecule has 0 aromatic carbocycles. The van der Waals surface area contributed by atoms with Gasteiger partial charge in [0, 0.05) is 26.2 Å². The fraction of sp³-hybridized carbons (Fsp3) is 1.00. The van der Waals surface area contributed by atoms with Gasteiger partial charge >= 0.3 is 0 Å². The van der Waals surface area contributed by atoms with Gasteiger partial charge in [0.05, 0.1) is 6.10 Å². The van der Waals surface area contributed by atoms with Crippen molar-refractivity contribution in [3.05, 3.63) is 0 Å². The fourth-order valence-electron chi connectivity index (χ4n) is 2.38. The Kier molecular flexibility index (Phi) is 4.78. The molecule has 2 heterocycles. The standard InChI is InChI=1S/C11H22N2O3S/c14-17(15,12-10-11-6-5-9-16-11)13-7-3-1-2-4-8-13/h11-12H,1-10H2. The highest BCUT2D eigenvalue weighted by molar-refractivity contribution is 7.87. The van der Waals surface area contributed by atoms with Gasteiger partial charge in [-0.3, -0.25) is 0 Å². The molecule has 5 nitrogen and oxygen atoms in total. The van der Waals surface area contributed by atoms with E-state index < -0.39 is 10.2 Å². The van der Waals surface area contributed by atoms with Crippen LogP contribution in [0.25, 0.3) is 0 Å². The van der Waals surface area contributed by atoms with E-state index in [0.29, 0.717) is 19.6 Å². The van der Waals surface area contributed by atoms with E-state index in [1.54, 1.807) is 4.31 Å². The average molecular weight is 262 g/mol. The van der Waals surface area contributed by atoms with E-state index in [4.69, 9.17) is 4.74 Å². The molecule has 0 amide bonds. The van der Waals surface area contributed by atoms with E-state index in [2.05, 4.69) is 4.72 Å². The maximum absolute atomic E-state index is 12.1. The smallest absolute Gasteiger partial charge is 0.279 e. The highest BCUT2D eigenvalue weighted by atomic mass is 32.2. The zero-order valence-corrected chi connectivity index (χ0v) is 11.0. The molecule has 1 N–H and O–H groups in total. The minimum Gasteiger partial charge on any atom is -0.377 e. The summed E-state index contributed by atoms with van der Waals surface area (Å²) >= 11 is 0. The lowest BCUT2D eigenvalue weighted by atomic mass is 10.2. The molecule has 0 aliphatic carbocycles. The second-order valence-corrected chi connectivity index (χ2v) is 6.56. The number of nitrogens with zero attached hydrogens (tertiary/aromatic N) is 1. The van der Waals surface area contributed by atoms with Crippen LogP contribution in [0.5, 0.6) is 0 Å². The molecule has 0 bridgehead atoms. The van der Waals surface area contributed by atoms with E-state index in [0.717, 1.165) is 45.1 Å². The predicted octanol–water partition coefficient (Wildman–Crippen LogP) is 0.876. The Morgan fingerprint density at radius 2 is 1.82 bits per heavy atom. The van der Waals surface area contributed by atoms with E-state index >= 15 is 0 Å². The molecule has 1 unspecified atom stereocenters. The van der Waals surface area contributed by atoms with Crippen LogP contribution in [0.1, 0.15) is 38.5 Å². The van der Waals surface area contributed by atoms with Crippen LogP contribution in [0.3, 0.4) is 0 Å². The van der Waals surface area contributed by atoms with Gasteiger partial charge in [-0.1, -0.05) is 12.8 Å². The quantitative estimate of drug-likeness (QED) is 0.818. The summed E-state index contributed by atoms with van der Waals surface area (Å²) in [6.07, 6.45) is 6.28. The Labute approximate surface area is 104 Å². The molecule has 6 heteroatoms. The first-order valence-electron chi connectivity index (χ1n) is 6.55. The van der Waals surface area contributed by atoms with Gasteiger partial charge in [-0.15, -0.1) is 0 Å². The SMILES string of the molecule is O=S(=O)(NCC1CCCO1)N1CCCCCC1. The number of hydrogen-bond donors (Lipinski definition) is 1. The van der Waals surface area contributed by atoms with Crippen LogP contribution in [0.15, 0.2) is 0 Å². The Morgan fingerprint density at radius 1 is 1.12 bits per heavy atom. The Bertz CT molecular complexity index is 318. The van der Waals surface area contributed by atoms with Crippen molar-refractivity contribution in [3.63, 3.8) is 0 Å². The first-order valence-corrected chi connectivity index (χ1v) is 7.99. The topological polar surface area (TPSA) is 58.6 Å². The molecule has 2 saturated heterocycles. The van der Waals surface area contributed by atoms with Crippen molar-refractivity contribution in [2.45, 2.75) is 44.6 Å². The van der Waals surface area contributed by atoms with Crippen LogP contribution < -0.4 is 4.72 Å². The Hall–Kier alpha value is -0.170. The molecule has 0 spiro atoms. The van der Waals surface area contributed by atoms with Gasteiger partial charge in [-0.25, -0.2) is 0 Å². The first kappa shape index (κ1) is 13.3. The molecular formula is C11H22N2O3S. The van der Waals surface area contributed by atoms with Gasteiger partial charge in [-0.2, -0.15) is 17.4 Å². The highest BCUT2D eigenvalue weighted by Crippen LogP contribution is 2.14. The lowest BCUT2D eigenvalue weighted by Crippen LogP contribution is -2.43. The summed E-state index contributed by atoms with van der Waals surface area (Å²) in [5, 5.41) is 0. The normalized spacial score (nSPS) is 28.1. The minimum atomic E-state index is -3.29. The number of rotatable bonds is 4. The van der Waals surface area contributed by atoms with Crippen LogP contribution in [-0.4, -0.2) is 45.1 Å². The molecule has 0 aromatic heterocycles. The number of nitrogens with one attached hydrogen (secondary N) is 1. The monoisotopic (exact) mass is 262 g/mol. The van der Waals surface area contributed by atoms with E-state index in [1.165, 1.54) is 0 Å². The molecule has 17 heavy (non-hydrogen) atoms. The Balaban J connectivity index is 1.83. The fourth-order valence-corrected chi connectivity index (χ4v) is 3.69. The molecule has 2 aliphatic heterocycles. The number of hydrogen-bond acceptors (Lipinski definition) is 3. The summed E-state index contributed by atoms with van der Waals surface area (Å²) < 4.78 is 33.8. The van der Waals surface area contributed by atoms with Crippen molar-refractivity contribution in [1.82, 2.24) is 9.03 Å². The third kappa shape index (κ3) is 3.91. The molecule has 0 saturated carbocycles. The van der Waals surface area contributed by atoms with Crippen molar-refractivity contribution >= 4 is 10.2 Å². The van der Waals surface area contributed by atoms with Crippen molar-refractivity contribution in [2.24, 2.45) is 0 Å². The van der Waals surface area contributed by atoms with Gasteiger partial charge in [0.1, 0.15) is 0 Å². The molecular weight excluding hydrogens is 240 g/mol. The maximum atomic E-state index is 12.1. The molecule has 100 valence electrons. The summed E-state index contributed by atoms with van der Waals surface area (Å²) in [7, 11) is -3.29. The van der Waals surface area contributed by atoms with Crippen LogP contribution in [0.2, 0.25) is 0 Å². The van der Waals surface area contributed by atoms with Crippen molar-refractivity contribution < 1.29 is 13.2 Å².